The molecule has 126 valence electrons. The smallest absolute Gasteiger partial charge is 0.243 e. The fraction of sp³-hybridized carbons (Fsp3) is 0.625. The van der Waals surface area contributed by atoms with Crippen molar-refractivity contribution in [2.24, 2.45) is 5.41 Å². The lowest BCUT2D eigenvalue weighted by Crippen LogP contribution is -2.33. The molecule has 23 heavy (non-hydrogen) atoms. The quantitative estimate of drug-likeness (QED) is 0.878. The van der Waals surface area contributed by atoms with Crippen molar-refractivity contribution in [1.29, 1.82) is 0 Å². The monoisotopic (exact) mass is 338 g/mol. The third-order valence-electron chi connectivity index (χ3n) is 5.09. The molecule has 6 nitrogen and oxygen atoms in total. The molecule has 3 aliphatic heterocycles. The van der Waals surface area contributed by atoms with Crippen LogP contribution < -0.4 is 14.8 Å². The van der Waals surface area contributed by atoms with E-state index >= 15 is 0 Å². The summed E-state index contributed by atoms with van der Waals surface area (Å²) in [6.45, 7) is 4.25. The van der Waals surface area contributed by atoms with Crippen molar-refractivity contribution in [3.63, 3.8) is 0 Å². The summed E-state index contributed by atoms with van der Waals surface area (Å²) >= 11 is 0. The molecule has 1 aromatic rings. The number of hydrogen-bond acceptors (Lipinski definition) is 5. The van der Waals surface area contributed by atoms with E-state index in [2.05, 4.69) is 5.32 Å². The van der Waals surface area contributed by atoms with Gasteiger partial charge in [-0.3, -0.25) is 0 Å². The van der Waals surface area contributed by atoms with Crippen LogP contribution in [0.2, 0.25) is 0 Å². The summed E-state index contributed by atoms with van der Waals surface area (Å²) in [5.41, 5.74) is 0.123. The Morgan fingerprint density at radius 3 is 2.74 bits per heavy atom. The van der Waals surface area contributed by atoms with Crippen molar-refractivity contribution < 1.29 is 17.9 Å². The Labute approximate surface area is 136 Å². The van der Waals surface area contributed by atoms with Gasteiger partial charge in [-0.25, -0.2) is 8.42 Å². The zero-order chi connectivity index (χ0) is 15.9. The molecule has 1 N–H and O–H groups in total. The number of nitrogens with one attached hydrogen (secondary N) is 1. The Bertz CT molecular complexity index is 698. The summed E-state index contributed by atoms with van der Waals surface area (Å²) < 4.78 is 38.7. The zero-order valence-corrected chi connectivity index (χ0v) is 13.9. The first-order valence-electron chi connectivity index (χ1n) is 8.20. The molecular formula is C16H22N2O4S. The number of benzene rings is 1. The van der Waals surface area contributed by atoms with Crippen molar-refractivity contribution in [2.45, 2.75) is 24.2 Å². The van der Waals surface area contributed by atoms with E-state index in [9.17, 15) is 8.42 Å². The number of ether oxygens (including phenoxy) is 2. The molecule has 1 unspecified atom stereocenters. The number of rotatable bonds is 2. The summed E-state index contributed by atoms with van der Waals surface area (Å²) in [6, 6.07) is 4.94. The van der Waals surface area contributed by atoms with Gasteiger partial charge in [0.1, 0.15) is 0 Å². The Balaban J connectivity index is 1.60. The van der Waals surface area contributed by atoms with Gasteiger partial charge in [-0.1, -0.05) is 0 Å². The van der Waals surface area contributed by atoms with Gasteiger partial charge in [0.05, 0.1) is 18.1 Å². The molecule has 0 amide bonds. The molecule has 2 fully saturated rings. The Morgan fingerprint density at radius 2 is 1.96 bits per heavy atom. The van der Waals surface area contributed by atoms with Crippen LogP contribution in [-0.4, -0.2) is 52.1 Å². The number of fused-ring (bicyclic) bond motifs is 1. The molecule has 0 saturated carbocycles. The minimum absolute atomic E-state index is 0.123. The van der Waals surface area contributed by atoms with E-state index in [0.717, 1.165) is 32.4 Å². The molecular weight excluding hydrogens is 316 g/mol. The molecule has 0 radical (unpaired) electrons. The van der Waals surface area contributed by atoms with E-state index in [1.165, 1.54) is 0 Å². The topological polar surface area (TPSA) is 67.9 Å². The normalized spacial score (nSPS) is 28.2. The predicted molar refractivity (Wildman–Crippen MR) is 85.3 cm³/mol. The Kier molecular flexibility index (Phi) is 3.74. The molecule has 1 aromatic carbocycles. The lowest BCUT2D eigenvalue weighted by atomic mass is 9.87. The number of sulfonamides is 1. The molecule has 1 atom stereocenters. The third-order valence-corrected chi connectivity index (χ3v) is 6.93. The fourth-order valence-electron chi connectivity index (χ4n) is 3.70. The summed E-state index contributed by atoms with van der Waals surface area (Å²) in [5.74, 6) is 1.15. The molecule has 7 heteroatoms. The maximum Gasteiger partial charge on any atom is 0.243 e. The molecule has 1 spiro atoms. The second kappa shape index (κ2) is 5.65. The first kappa shape index (κ1) is 15.2. The SMILES string of the molecule is O=S(=O)(c1ccc2c(c1)OCCCO2)N1CCC2(CCNC2)C1. The van der Waals surface area contributed by atoms with Crippen LogP contribution in [0.5, 0.6) is 11.5 Å². The average Bonchev–Trinajstić information content (AvgIpc) is 3.12. The second-order valence-electron chi connectivity index (χ2n) is 6.67. The van der Waals surface area contributed by atoms with Gasteiger partial charge in [0.15, 0.2) is 11.5 Å². The summed E-state index contributed by atoms with van der Waals surface area (Å²) in [5, 5.41) is 3.36. The third kappa shape index (κ3) is 2.70. The maximum atomic E-state index is 13.0. The average molecular weight is 338 g/mol. The summed E-state index contributed by atoms with van der Waals surface area (Å²) in [7, 11) is -3.48. The van der Waals surface area contributed by atoms with E-state index in [-0.39, 0.29) is 5.41 Å². The van der Waals surface area contributed by atoms with Gasteiger partial charge in [-0.2, -0.15) is 4.31 Å². The zero-order valence-electron chi connectivity index (χ0n) is 13.1. The largest absolute Gasteiger partial charge is 0.490 e. The Morgan fingerprint density at radius 1 is 1.13 bits per heavy atom. The van der Waals surface area contributed by atoms with Crippen LogP contribution in [0.1, 0.15) is 19.3 Å². The van der Waals surface area contributed by atoms with Crippen LogP contribution in [0.4, 0.5) is 0 Å². The van der Waals surface area contributed by atoms with Gasteiger partial charge in [-0.15, -0.1) is 0 Å². The van der Waals surface area contributed by atoms with E-state index < -0.39 is 10.0 Å². The summed E-state index contributed by atoms with van der Waals surface area (Å²) in [6.07, 6.45) is 2.79. The lowest BCUT2D eigenvalue weighted by Gasteiger charge is -2.22. The van der Waals surface area contributed by atoms with Crippen molar-refractivity contribution >= 4 is 10.0 Å². The van der Waals surface area contributed by atoms with Gasteiger partial charge in [-0.05, 0) is 36.9 Å². The highest BCUT2D eigenvalue weighted by molar-refractivity contribution is 7.89. The van der Waals surface area contributed by atoms with Gasteiger partial charge in [0.25, 0.3) is 0 Å². The van der Waals surface area contributed by atoms with Crippen LogP contribution in [0.25, 0.3) is 0 Å². The van der Waals surface area contributed by atoms with Crippen LogP contribution in [0.3, 0.4) is 0 Å². The standard InChI is InChI=1S/C16H22N2O4S/c19-23(20,18-7-5-16(12-18)4-6-17-11-16)13-2-3-14-15(10-13)22-9-1-8-21-14/h2-3,10,17H,1,4-9,11-12H2. The van der Waals surface area contributed by atoms with E-state index in [4.69, 9.17) is 9.47 Å². The maximum absolute atomic E-state index is 13.0. The minimum Gasteiger partial charge on any atom is -0.490 e. The molecule has 0 aliphatic carbocycles. The highest BCUT2D eigenvalue weighted by atomic mass is 32.2. The van der Waals surface area contributed by atoms with Gasteiger partial charge in [0.2, 0.25) is 10.0 Å². The van der Waals surface area contributed by atoms with Crippen LogP contribution in [-0.2, 0) is 10.0 Å². The van der Waals surface area contributed by atoms with Crippen molar-refractivity contribution in [3.8, 4) is 11.5 Å². The van der Waals surface area contributed by atoms with E-state index in [1.807, 2.05) is 0 Å². The lowest BCUT2D eigenvalue weighted by molar-refractivity contribution is 0.296. The molecule has 0 bridgehead atoms. The van der Waals surface area contributed by atoms with Crippen molar-refractivity contribution in [2.75, 3.05) is 39.4 Å². The first-order chi connectivity index (χ1) is 11.1. The Hall–Kier alpha value is -1.31. The van der Waals surface area contributed by atoms with Gasteiger partial charge < -0.3 is 14.8 Å². The van der Waals surface area contributed by atoms with E-state index in [1.54, 1.807) is 22.5 Å². The van der Waals surface area contributed by atoms with Gasteiger partial charge >= 0.3 is 0 Å². The molecule has 4 rings (SSSR count). The second-order valence-corrected chi connectivity index (χ2v) is 8.61. The van der Waals surface area contributed by atoms with Crippen molar-refractivity contribution in [1.82, 2.24) is 9.62 Å². The molecule has 3 aliphatic rings. The highest BCUT2D eigenvalue weighted by Crippen LogP contribution is 2.39. The van der Waals surface area contributed by atoms with Crippen LogP contribution in [0.15, 0.2) is 23.1 Å². The van der Waals surface area contributed by atoms with E-state index in [0.29, 0.717) is 42.7 Å². The number of nitrogens with zero attached hydrogens (tertiary/aromatic N) is 1. The molecule has 3 heterocycles. The fourth-order valence-corrected chi connectivity index (χ4v) is 5.27. The summed E-state index contributed by atoms with van der Waals surface area (Å²) in [4.78, 5) is 0.296. The predicted octanol–water partition coefficient (Wildman–Crippen LogP) is 1.22. The minimum atomic E-state index is -3.48. The van der Waals surface area contributed by atoms with Gasteiger partial charge in [0, 0.05) is 32.1 Å². The molecule has 0 aromatic heterocycles. The highest BCUT2D eigenvalue weighted by Gasteiger charge is 2.44. The molecule has 2 saturated heterocycles. The van der Waals surface area contributed by atoms with Crippen LogP contribution in [0, 0.1) is 5.41 Å². The first-order valence-corrected chi connectivity index (χ1v) is 9.64. The van der Waals surface area contributed by atoms with Crippen LogP contribution >= 0.6 is 0 Å². The number of hydrogen-bond donors (Lipinski definition) is 1. The van der Waals surface area contributed by atoms with Crippen molar-refractivity contribution in [3.05, 3.63) is 18.2 Å².